The topological polar surface area (TPSA) is 46.6 Å². The van der Waals surface area contributed by atoms with Crippen LogP contribution >= 0.6 is 0 Å². The van der Waals surface area contributed by atoms with Gasteiger partial charge < -0.3 is 4.74 Å². The molecule has 23 heavy (non-hydrogen) atoms. The molecule has 2 aromatic rings. The molecule has 0 aromatic heterocycles. The molecule has 3 rings (SSSR count). The normalized spacial score (nSPS) is 17.1. The summed E-state index contributed by atoms with van der Waals surface area (Å²) in [5.74, 6) is -0.744. The van der Waals surface area contributed by atoms with E-state index in [1.54, 1.807) is 26.8 Å². The van der Waals surface area contributed by atoms with Crippen molar-refractivity contribution in [3.05, 3.63) is 65.7 Å². The predicted octanol–water partition coefficient (Wildman–Crippen LogP) is 4.10. The maximum absolute atomic E-state index is 12.9. The molecule has 0 saturated carbocycles. The largest absolute Gasteiger partial charge is 0.443 e. The first kappa shape index (κ1) is 15.3. The summed E-state index contributed by atoms with van der Waals surface area (Å²) in [5.41, 5.74) is 1.64. The van der Waals surface area contributed by atoms with Gasteiger partial charge >= 0.3 is 6.09 Å². The second-order valence-electron chi connectivity index (χ2n) is 6.56. The fourth-order valence-corrected chi connectivity index (χ4v) is 2.78. The number of hydrogen-bond acceptors (Lipinski definition) is 3. The van der Waals surface area contributed by atoms with E-state index < -0.39 is 17.6 Å². The molecule has 0 spiro atoms. The van der Waals surface area contributed by atoms with Gasteiger partial charge in [0, 0.05) is 0 Å². The van der Waals surface area contributed by atoms with Crippen LogP contribution in [-0.4, -0.2) is 17.6 Å². The Morgan fingerprint density at radius 2 is 1.61 bits per heavy atom. The molecule has 2 aromatic carbocycles. The fraction of sp³-hybridized carbons (Fsp3) is 0.263. The number of para-hydroxylation sites is 1. The molecule has 0 fully saturated rings. The number of amides is 2. The summed E-state index contributed by atoms with van der Waals surface area (Å²) in [6, 6.07) is 16.8. The molecule has 1 aliphatic heterocycles. The third kappa shape index (κ3) is 2.84. The number of rotatable bonds is 1. The summed E-state index contributed by atoms with van der Waals surface area (Å²) in [6.45, 7) is 5.35. The molecular weight excluding hydrogens is 290 g/mol. The van der Waals surface area contributed by atoms with Crippen LogP contribution < -0.4 is 4.90 Å². The molecular formula is C19H19NO3. The van der Waals surface area contributed by atoms with Crippen molar-refractivity contribution >= 4 is 17.7 Å². The number of benzene rings is 2. The molecule has 1 heterocycles. The second kappa shape index (κ2) is 5.54. The van der Waals surface area contributed by atoms with Crippen LogP contribution in [0.25, 0.3) is 0 Å². The number of imide groups is 1. The van der Waals surface area contributed by atoms with Gasteiger partial charge in [0.2, 0.25) is 5.91 Å². The molecule has 0 aliphatic carbocycles. The van der Waals surface area contributed by atoms with Crippen molar-refractivity contribution in [2.75, 3.05) is 4.90 Å². The van der Waals surface area contributed by atoms with Crippen LogP contribution in [0.3, 0.4) is 0 Å². The van der Waals surface area contributed by atoms with Crippen LogP contribution in [0.5, 0.6) is 0 Å². The van der Waals surface area contributed by atoms with Gasteiger partial charge in [-0.3, -0.25) is 4.79 Å². The smallest absolute Gasteiger partial charge is 0.421 e. The number of nitrogens with zero attached hydrogens (tertiary/aromatic N) is 1. The van der Waals surface area contributed by atoms with E-state index in [-0.39, 0.29) is 5.91 Å². The fourth-order valence-electron chi connectivity index (χ4n) is 2.78. The lowest BCUT2D eigenvalue weighted by Crippen LogP contribution is -2.39. The van der Waals surface area contributed by atoms with E-state index in [4.69, 9.17) is 4.74 Å². The Kier molecular flexibility index (Phi) is 3.68. The van der Waals surface area contributed by atoms with Gasteiger partial charge in [0.1, 0.15) is 5.60 Å². The molecule has 2 amide bonds. The summed E-state index contributed by atoms with van der Waals surface area (Å²) < 4.78 is 5.40. The van der Waals surface area contributed by atoms with Crippen LogP contribution in [0.1, 0.15) is 37.8 Å². The highest BCUT2D eigenvalue weighted by Gasteiger charge is 2.43. The monoisotopic (exact) mass is 309 g/mol. The maximum Gasteiger partial charge on any atom is 0.421 e. The summed E-state index contributed by atoms with van der Waals surface area (Å²) >= 11 is 0. The zero-order valence-electron chi connectivity index (χ0n) is 13.4. The minimum Gasteiger partial charge on any atom is -0.443 e. The highest BCUT2D eigenvalue weighted by Crippen LogP contribution is 2.41. The van der Waals surface area contributed by atoms with Gasteiger partial charge in [-0.25, -0.2) is 9.69 Å². The van der Waals surface area contributed by atoms with E-state index >= 15 is 0 Å². The number of fused-ring (bicyclic) bond motifs is 1. The van der Waals surface area contributed by atoms with E-state index in [1.807, 2.05) is 48.5 Å². The Bertz CT molecular complexity index is 747. The zero-order chi connectivity index (χ0) is 16.6. The zero-order valence-corrected chi connectivity index (χ0v) is 13.4. The standard InChI is InChI=1S/C19H19NO3/c1-19(2,3)23-18(22)20-15-12-8-7-11-14(15)16(17(20)21)13-9-5-4-6-10-13/h4-12,16H,1-3H3/t16-/m1/s1. The average Bonchev–Trinajstić information content (AvgIpc) is 2.78. The van der Waals surface area contributed by atoms with Crippen LogP contribution in [0, 0.1) is 0 Å². The summed E-state index contributed by atoms with van der Waals surface area (Å²) in [5, 5.41) is 0. The molecule has 0 unspecified atom stereocenters. The van der Waals surface area contributed by atoms with E-state index in [0.29, 0.717) is 5.69 Å². The van der Waals surface area contributed by atoms with Crippen molar-refractivity contribution in [3.8, 4) is 0 Å². The SMILES string of the molecule is CC(C)(C)OC(=O)N1C(=O)[C@H](c2ccccc2)c2ccccc21. The molecule has 4 nitrogen and oxygen atoms in total. The van der Waals surface area contributed by atoms with E-state index in [0.717, 1.165) is 16.0 Å². The summed E-state index contributed by atoms with van der Waals surface area (Å²) in [6.07, 6.45) is -0.631. The highest BCUT2D eigenvalue weighted by atomic mass is 16.6. The molecule has 0 bridgehead atoms. The maximum atomic E-state index is 12.9. The Morgan fingerprint density at radius 3 is 2.26 bits per heavy atom. The van der Waals surface area contributed by atoms with Crippen LogP contribution in [0.4, 0.5) is 10.5 Å². The lowest BCUT2D eigenvalue weighted by atomic mass is 9.93. The molecule has 1 aliphatic rings. The van der Waals surface area contributed by atoms with Gasteiger partial charge in [0.25, 0.3) is 0 Å². The van der Waals surface area contributed by atoms with Gasteiger partial charge in [-0.1, -0.05) is 48.5 Å². The Hall–Kier alpha value is -2.62. The first-order valence-corrected chi connectivity index (χ1v) is 7.59. The molecule has 0 radical (unpaired) electrons. The quantitative estimate of drug-likeness (QED) is 0.796. The minimum atomic E-state index is -0.656. The van der Waals surface area contributed by atoms with Crippen molar-refractivity contribution in [1.29, 1.82) is 0 Å². The van der Waals surface area contributed by atoms with Crippen LogP contribution in [-0.2, 0) is 9.53 Å². The van der Waals surface area contributed by atoms with Gasteiger partial charge in [-0.2, -0.15) is 0 Å². The van der Waals surface area contributed by atoms with Crippen LogP contribution in [0.2, 0.25) is 0 Å². The Morgan fingerprint density at radius 1 is 1.00 bits per heavy atom. The third-order valence-electron chi connectivity index (χ3n) is 3.66. The number of ether oxygens (including phenoxy) is 1. The average molecular weight is 309 g/mol. The number of carbonyl (C=O) groups is 2. The Labute approximate surface area is 135 Å². The lowest BCUT2D eigenvalue weighted by Gasteiger charge is -2.24. The number of anilines is 1. The number of carbonyl (C=O) groups excluding carboxylic acids is 2. The first-order chi connectivity index (χ1) is 10.9. The number of hydrogen-bond donors (Lipinski definition) is 0. The van der Waals surface area contributed by atoms with E-state index in [1.165, 1.54) is 0 Å². The van der Waals surface area contributed by atoms with Crippen LogP contribution in [0.15, 0.2) is 54.6 Å². The molecule has 118 valence electrons. The minimum absolute atomic E-state index is 0.272. The summed E-state index contributed by atoms with van der Waals surface area (Å²) in [7, 11) is 0. The van der Waals surface area contributed by atoms with Crippen molar-refractivity contribution in [3.63, 3.8) is 0 Å². The Balaban J connectivity index is 2.04. The van der Waals surface area contributed by atoms with Gasteiger partial charge in [0.15, 0.2) is 0 Å². The van der Waals surface area contributed by atoms with E-state index in [9.17, 15) is 9.59 Å². The van der Waals surface area contributed by atoms with Gasteiger partial charge in [0.05, 0.1) is 11.6 Å². The highest BCUT2D eigenvalue weighted by molar-refractivity contribution is 6.20. The second-order valence-corrected chi connectivity index (χ2v) is 6.56. The van der Waals surface area contributed by atoms with E-state index in [2.05, 4.69) is 0 Å². The first-order valence-electron chi connectivity index (χ1n) is 7.59. The molecule has 0 saturated heterocycles. The van der Waals surface area contributed by atoms with Gasteiger partial charge in [-0.15, -0.1) is 0 Å². The predicted molar refractivity (Wildman–Crippen MR) is 88.4 cm³/mol. The third-order valence-corrected chi connectivity index (χ3v) is 3.66. The van der Waals surface area contributed by atoms with Crippen molar-refractivity contribution < 1.29 is 14.3 Å². The lowest BCUT2D eigenvalue weighted by molar-refractivity contribution is -0.118. The molecule has 0 N–H and O–H groups in total. The van der Waals surface area contributed by atoms with Crippen molar-refractivity contribution in [1.82, 2.24) is 0 Å². The van der Waals surface area contributed by atoms with Crippen molar-refractivity contribution in [2.45, 2.75) is 32.3 Å². The van der Waals surface area contributed by atoms with Gasteiger partial charge in [-0.05, 0) is 38.0 Å². The summed E-state index contributed by atoms with van der Waals surface area (Å²) in [4.78, 5) is 26.6. The molecule has 1 atom stereocenters. The molecule has 4 heteroatoms. The van der Waals surface area contributed by atoms with Crippen molar-refractivity contribution in [2.24, 2.45) is 0 Å².